The average molecular weight is 412 g/mol. The SMILES string of the molecule is CC(C)(C)c1ccc(N2C(=O)C(=O)/C(=C(/O)c3ccccc3)C2c2cccnc2)cc1. The molecule has 1 fully saturated rings. The van der Waals surface area contributed by atoms with Gasteiger partial charge in [-0.15, -0.1) is 0 Å². The molecule has 1 saturated heterocycles. The first-order valence-corrected chi connectivity index (χ1v) is 10.2. The molecule has 0 bridgehead atoms. The van der Waals surface area contributed by atoms with Crippen molar-refractivity contribution < 1.29 is 14.7 Å². The molecule has 1 N–H and O–H groups in total. The Balaban J connectivity index is 1.89. The number of Topliss-reactive ketones (excluding diaryl/α,β-unsaturated/α-hetero) is 1. The van der Waals surface area contributed by atoms with Gasteiger partial charge in [0.05, 0.1) is 11.6 Å². The van der Waals surface area contributed by atoms with Crippen LogP contribution in [0.2, 0.25) is 0 Å². The minimum atomic E-state index is -0.769. The highest BCUT2D eigenvalue weighted by Crippen LogP contribution is 2.42. The zero-order valence-corrected chi connectivity index (χ0v) is 17.7. The molecule has 0 saturated carbocycles. The van der Waals surface area contributed by atoms with E-state index in [0.717, 1.165) is 5.56 Å². The number of aliphatic hydroxyl groups excluding tert-OH is 1. The van der Waals surface area contributed by atoms with Crippen LogP contribution in [0.4, 0.5) is 5.69 Å². The Morgan fingerprint density at radius 3 is 2.19 bits per heavy atom. The maximum atomic E-state index is 13.1. The number of nitrogens with zero attached hydrogens (tertiary/aromatic N) is 2. The Labute approximate surface area is 181 Å². The molecule has 1 unspecified atom stereocenters. The van der Waals surface area contributed by atoms with Crippen molar-refractivity contribution in [1.82, 2.24) is 4.98 Å². The van der Waals surface area contributed by atoms with Gasteiger partial charge in [0, 0.05) is 23.6 Å². The highest BCUT2D eigenvalue weighted by Gasteiger charge is 2.47. The van der Waals surface area contributed by atoms with Crippen LogP contribution in [0.15, 0.2) is 84.7 Å². The molecular formula is C26H24N2O3. The van der Waals surface area contributed by atoms with Gasteiger partial charge in [0.1, 0.15) is 5.76 Å². The molecule has 5 heteroatoms. The molecule has 1 aliphatic rings. The number of amides is 1. The summed E-state index contributed by atoms with van der Waals surface area (Å²) in [5.41, 5.74) is 2.87. The molecule has 1 aromatic heterocycles. The van der Waals surface area contributed by atoms with Crippen molar-refractivity contribution in [3.63, 3.8) is 0 Å². The van der Waals surface area contributed by atoms with E-state index in [9.17, 15) is 14.7 Å². The second-order valence-corrected chi connectivity index (χ2v) is 8.62. The van der Waals surface area contributed by atoms with E-state index in [1.54, 1.807) is 48.8 Å². The van der Waals surface area contributed by atoms with Crippen LogP contribution < -0.4 is 4.90 Å². The Morgan fingerprint density at radius 2 is 1.61 bits per heavy atom. The van der Waals surface area contributed by atoms with Crippen molar-refractivity contribution in [2.45, 2.75) is 32.2 Å². The summed E-state index contributed by atoms with van der Waals surface area (Å²) >= 11 is 0. The third kappa shape index (κ3) is 3.75. The zero-order chi connectivity index (χ0) is 22.2. The van der Waals surface area contributed by atoms with Crippen LogP contribution >= 0.6 is 0 Å². The van der Waals surface area contributed by atoms with Crippen LogP contribution in [-0.2, 0) is 15.0 Å². The molecule has 2 heterocycles. The molecule has 5 nitrogen and oxygen atoms in total. The lowest BCUT2D eigenvalue weighted by Crippen LogP contribution is -2.29. The standard InChI is InChI=1S/C26H24N2O3/c1-26(2,3)19-11-13-20(14-12-19)28-22(18-10-7-15-27-16-18)21(24(30)25(28)31)23(29)17-8-5-4-6-9-17/h4-16,22,29H,1-3H3/b23-21+. The number of ketones is 1. The number of carbonyl (C=O) groups is 2. The molecule has 0 radical (unpaired) electrons. The first kappa shape index (κ1) is 20.5. The number of hydrogen-bond donors (Lipinski definition) is 1. The topological polar surface area (TPSA) is 70.5 Å². The van der Waals surface area contributed by atoms with Gasteiger partial charge < -0.3 is 5.11 Å². The van der Waals surface area contributed by atoms with Crippen molar-refractivity contribution in [1.29, 1.82) is 0 Å². The number of pyridine rings is 1. The first-order valence-electron chi connectivity index (χ1n) is 10.2. The van der Waals surface area contributed by atoms with Gasteiger partial charge in [-0.2, -0.15) is 0 Å². The lowest BCUT2D eigenvalue weighted by Gasteiger charge is -2.26. The van der Waals surface area contributed by atoms with Crippen LogP contribution in [-0.4, -0.2) is 21.8 Å². The smallest absolute Gasteiger partial charge is 0.300 e. The lowest BCUT2D eigenvalue weighted by atomic mass is 9.87. The molecule has 4 rings (SSSR count). The molecule has 0 aliphatic carbocycles. The van der Waals surface area contributed by atoms with E-state index in [1.807, 2.05) is 30.3 Å². The summed E-state index contributed by atoms with van der Waals surface area (Å²) in [5.74, 6) is -1.58. The number of aromatic nitrogens is 1. The van der Waals surface area contributed by atoms with E-state index >= 15 is 0 Å². The number of aliphatic hydroxyl groups is 1. The Morgan fingerprint density at radius 1 is 0.935 bits per heavy atom. The monoisotopic (exact) mass is 412 g/mol. The summed E-state index contributed by atoms with van der Waals surface area (Å²) in [6.07, 6.45) is 3.25. The third-order valence-corrected chi connectivity index (χ3v) is 5.50. The summed E-state index contributed by atoms with van der Waals surface area (Å²) in [6, 6.07) is 19.2. The van der Waals surface area contributed by atoms with E-state index in [-0.39, 0.29) is 16.7 Å². The highest BCUT2D eigenvalue weighted by molar-refractivity contribution is 6.51. The predicted octanol–water partition coefficient (Wildman–Crippen LogP) is 5.01. The average Bonchev–Trinajstić information content (AvgIpc) is 3.04. The minimum Gasteiger partial charge on any atom is -0.507 e. The molecule has 3 aromatic rings. The molecular weight excluding hydrogens is 388 g/mol. The quantitative estimate of drug-likeness (QED) is 0.373. The Hall–Kier alpha value is -3.73. The normalized spacial score (nSPS) is 18.4. The highest BCUT2D eigenvalue weighted by atomic mass is 16.3. The number of rotatable bonds is 3. The van der Waals surface area contributed by atoms with Gasteiger partial charge in [0.15, 0.2) is 0 Å². The third-order valence-electron chi connectivity index (χ3n) is 5.50. The maximum absolute atomic E-state index is 13.1. The van der Waals surface area contributed by atoms with Crippen LogP contribution in [0.25, 0.3) is 5.76 Å². The molecule has 31 heavy (non-hydrogen) atoms. The van der Waals surface area contributed by atoms with Crippen LogP contribution in [0.5, 0.6) is 0 Å². The van der Waals surface area contributed by atoms with E-state index in [0.29, 0.717) is 16.8 Å². The van der Waals surface area contributed by atoms with Gasteiger partial charge in [-0.3, -0.25) is 19.5 Å². The fraction of sp³-hybridized carbons (Fsp3) is 0.192. The van der Waals surface area contributed by atoms with E-state index in [4.69, 9.17) is 0 Å². The number of carbonyl (C=O) groups excluding carboxylic acids is 2. The number of anilines is 1. The fourth-order valence-electron chi connectivity index (χ4n) is 3.83. The lowest BCUT2D eigenvalue weighted by molar-refractivity contribution is -0.132. The second kappa shape index (κ2) is 7.84. The predicted molar refractivity (Wildman–Crippen MR) is 121 cm³/mol. The van der Waals surface area contributed by atoms with Crippen molar-refractivity contribution in [2.24, 2.45) is 0 Å². The maximum Gasteiger partial charge on any atom is 0.300 e. The Bertz CT molecular complexity index is 1140. The van der Waals surface area contributed by atoms with E-state index < -0.39 is 17.7 Å². The summed E-state index contributed by atoms with van der Waals surface area (Å²) in [7, 11) is 0. The fourth-order valence-corrected chi connectivity index (χ4v) is 3.83. The van der Waals surface area contributed by atoms with Crippen LogP contribution in [0, 0.1) is 0 Å². The van der Waals surface area contributed by atoms with Crippen molar-refractivity contribution in [3.8, 4) is 0 Å². The van der Waals surface area contributed by atoms with Gasteiger partial charge in [-0.05, 0) is 34.7 Å². The van der Waals surface area contributed by atoms with E-state index in [1.165, 1.54) is 4.90 Å². The first-order chi connectivity index (χ1) is 14.8. The summed E-state index contributed by atoms with van der Waals surface area (Å²) in [6.45, 7) is 6.34. The van der Waals surface area contributed by atoms with Crippen LogP contribution in [0.3, 0.4) is 0 Å². The number of hydrogen-bond acceptors (Lipinski definition) is 4. The molecule has 1 atom stereocenters. The van der Waals surface area contributed by atoms with E-state index in [2.05, 4.69) is 25.8 Å². The summed E-state index contributed by atoms with van der Waals surface area (Å²) < 4.78 is 0. The van der Waals surface area contributed by atoms with Gasteiger partial charge in [0.25, 0.3) is 11.7 Å². The number of benzene rings is 2. The molecule has 1 aliphatic heterocycles. The molecule has 1 amide bonds. The zero-order valence-electron chi connectivity index (χ0n) is 17.7. The molecule has 0 spiro atoms. The van der Waals surface area contributed by atoms with Crippen molar-refractivity contribution in [2.75, 3.05) is 4.90 Å². The van der Waals surface area contributed by atoms with Crippen molar-refractivity contribution in [3.05, 3.63) is 101 Å². The van der Waals surface area contributed by atoms with Gasteiger partial charge in [0.2, 0.25) is 0 Å². The molecule has 156 valence electrons. The van der Waals surface area contributed by atoms with Crippen LogP contribution in [0.1, 0.15) is 43.5 Å². The van der Waals surface area contributed by atoms with Gasteiger partial charge in [-0.25, -0.2) is 0 Å². The summed E-state index contributed by atoms with van der Waals surface area (Å²) in [5, 5.41) is 11.0. The van der Waals surface area contributed by atoms with Crippen molar-refractivity contribution >= 4 is 23.1 Å². The summed E-state index contributed by atoms with van der Waals surface area (Å²) in [4.78, 5) is 31.8. The second-order valence-electron chi connectivity index (χ2n) is 8.62. The minimum absolute atomic E-state index is 0.0389. The Kier molecular flexibility index (Phi) is 5.19. The van der Waals surface area contributed by atoms with Gasteiger partial charge in [-0.1, -0.05) is 69.3 Å². The van der Waals surface area contributed by atoms with Gasteiger partial charge >= 0.3 is 0 Å². The molecule has 2 aromatic carbocycles. The largest absolute Gasteiger partial charge is 0.507 e.